The molecule has 0 unspecified atom stereocenters. The van der Waals surface area contributed by atoms with Gasteiger partial charge in [-0.15, -0.1) is 10.2 Å². The first-order chi connectivity index (χ1) is 10.2. The number of piperidine rings is 1. The second-order valence-corrected chi connectivity index (χ2v) is 6.39. The van der Waals surface area contributed by atoms with Gasteiger partial charge in [0.05, 0.1) is 12.7 Å². The second-order valence-electron chi connectivity index (χ2n) is 5.23. The minimum atomic E-state index is -0.209. The van der Waals surface area contributed by atoms with Crippen molar-refractivity contribution in [3.05, 3.63) is 40.7 Å². The SMILES string of the molecule is Cc1nnc(N2CCC(OCc3ccc(F)cc3)CC2)s1. The zero-order valence-corrected chi connectivity index (χ0v) is 12.8. The molecule has 6 heteroatoms. The van der Waals surface area contributed by atoms with Gasteiger partial charge in [-0.3, -0.25) is 0 Å². The monoisotopic (exact) mass is 307 g/mol. The maximum absolute atomic E-state index is 12.8. The van der Waals surface area contributed by atoms with Crippen LogP contribution in [0.2, 0.25) is 0 Å². The van der Waals surface area contributed by atoms with Crippen LogP contribution in [0.25, 0.3) is 0 Å². The van der Waals surface area contributed by atoms with Crippen molar-refractivity contribution in [3.63, 3.8) is 0 Å². The summed E-state index contributed by atoms with van der Waals surface area (Å²) in [6.45, 7) is 4.41. The standard InChI is InChI=1S/C15H18FN3OS/c1-11-17-18-15(21-11)19-8-6-14(7-9-19)20-10-12-2-4-13(16)5-3-12/h2-5,14H,6-10H2,1H3. The van der Waals surface area contributed by atoms with E-state index < -0.39 is 0 Å². The number of ether oxygens (including phenoxy) is 1. The first kappa shape index (κ1) is 14.4. The molecule has 1 fully saturated rings. The highest BCUT2D eigenvalue weighted by Crippen LogP contribution is 2.24. The number of rotatable bonds is 4. The van der Waals surface area contributed by atoms with E-state index in [4.69, 9.17) is 4.74 Å². The van der Waals surface area contributed by atoms with Gasteiger partial charge in [0.2, 0.25) is 5.13 Å². The molecule has 0 radical (unpaired) electrons. The van der Waals surface area contributed by atoms with Gasteiger partial charge in [-0.05, 0) is 37.5 Å². The molecular weight excluding hydrogens is 289 g/mol. The highest BCUT2D eigenvalue weighted by Gasteiger charge is 2.21. The predicted molar refractivity (Wildman–Crippen MR) is 81.1 cm³/mol. The number of hydrogen-bond acceptors (Lipinski definition) is 5. The molecule has 0 atom stereocenters. The van der Waals surface area contributed by atoms with Crippen molar-refractivity contribution in [2.24, 2.45) is 0 Å². The number of anilines is 1. The average Bonchev–Trinajstić information content (AvgIpc) is 2.94. The van der Waals surface area contributed by atoms with E-state index in [2.05, 4.69) is 15.1 Å². The molecule has 0 amide bonds. The molecule has 1 aliphatic heterocycles. The molecule has 0 saturated carbocycles. The fourth-order valence-electron chi connectivity index (χ4n) is 2.42. The van der Waals surface area contributed by atoms with Crippen molar-refractivity contribution in [1.29, 1.82) is 0 Å². The van der Waals surface area contributed by atoms with E-state index in [1.807, 2.05) is 6.92 Å². The van der Waals surface area contributed by atoms with E-state index in [9.17, 15) is 4.39 Å². The Hall–Kier alpha value is -1.53. The molecule has 1 aromatic heterocycles. The summed E-state index contributed by atoms with van der Waals surface area (Å²) in [5, 5.41) is 10.2. The zero-order valence-electron chi connectivity index (χ0n) is 12.0. The number of hydrogen-bond donors (Lipinski definition) is 0. The van der Waals surface area contributed by atoms with Crippen LogP contribution in [-0.4, -0.2) is 29.4 Å². The molecule has 2 aromatic rings. The molecule has 21 heavy (non-hydrogen) atoms. The Morgan fingerprint density at radius 1 is 1.24 bits per heavy atom. The Morgan fingerprint density at radius 2 is 1.95 bits per heavy atom. The molecule has 112 valence electrons. The fraction of sp³-hybridized carbons (Fsp3) is 0.467. The molecular formula is C15H18FN3OS. The third-order valence-corrected chi connectivity index (χ3v) is 4.53. The first-order valence-corrected chi connectivity index (χ1v) is 7.93. The summed E-state index contributed by atoms with van der Waals surface area (Å²) in [5.41, 5.74) is 1.01. The maximum Gasteiger partial charge on any atom is 0.208 e. The summed E-state index contributed by atoms with van der Waals surface area (Å²) in [6, 6.07) is 6.49. The molecule has 0 bridgehead atoms. The number of benzene rings is 1. The normalized spacial score (nSPS) is 16.4. The smallest absolute Gasteiger partial charge is 0.208 e. The molecule has 1 saturated heterocycles. The fourth-order valence-corrected chi connectivity index (χ4v) is 3.16. The first-order valence-electron chi connectivity index (χ1n) is 7.12. The Balaban J connectivity index is 1.46. The molecule has 1 aliphatic rings. The molecule has 0 spiro atoms. The molecule has 2 heterocycles. The van der Waals surface area contributed by atoms with Crippen LogP contribution < -0.4 is 4.90 Å². The van der Waals surface area contributed by atoms with Crippen molar-refractivity contribution in [1.82, 2.24) is 10.2 Å². The van der Waals surface area contributed by atoms with Crippen LogP contribution in [-0.2, 0) is 11.3 Å². The van der Waals surface area contributed by atoms with Crippen LogP contribution in [0.1, 0.15) is 23.4 Å². The Labute approximate surface area is 127 Å². The van der Waals surface area contributed by atoms with Crippen molar-refractivity contribution in [2.45, 2.75) is 32.5 Å². The van der Waals surface area contributed by atoms with Gasteiger partial charge in [0.1, 0.15) is 10.8 Å². The van der Waals surface area contributed by atoms with Crippen molar-refractivity contribution in [2.75, 3.05) is 18.0 Å². The molecule has 3 rings (SSSR count). The number of aryl methyl sites for hydroxylation is 1. The number of aromatic nitrogens is 2. The summed E-state index contributed by atoms with van der Waals surface area (Å²) in [6.07, 6.45) is 2.24. The van der Waals surface area contributed by atoms with Crippen LogP contribution >= 0.6 is 11.3 Å². The zero-order chi connectivity index (χ0) is 14.7. The van der Waals surface area contributed by atoms with E-state index in [-0.39, 0.29) is 11.9 Å². The van der Waals surface area contributed by atoms with E-state index in [1.54, 1.807) is 23.5 Å². The number of halogens is 1. The summed E-state index contributed by atoms with van der Waals surface area (Å²) in [4.78, 5) is 2.27. The second kappa shape index (κ2) is 6.49. The van der Waals surface area contributed by atoms with E-state index in [1.165, 1.54) is 12.1 Å². The van der Waals surface area contributed by atoms with Crippen LogP contribution in [0.4, 0.5) is 9.52 Å². The van der Waals surface area contributed by atoms with Gasteiger partial charge < -0.3 is 9.64 Å². The van der Waals surface area contributed by atoms with Gasteiger partial charge in [0, 0.05) is 13.1 Å². The van der Waals surface area contributed by atoms with Crippen LogP contribution in [0.5, 0.6) is 0 Å². The minimum absolute atomic E-state index is 0.209. The summed E-state index contributed by atoms with van der Waals surface area (Å²) >= 11 is 1.63. The van der Waals surface area contributed by atoms with E-state index in [0.29, 0.717) is 6.61 Å². The van der Waals surface area contributed by atoms with Gasteiger partial charge in [0.25, 0.3) is 0 Å². The molecule has 1 aromatic carbocycles. The van der Waals surface area contributed by atoms with Crippen LogP contribution in [0.15, 0.2) is 24.3 Å². The minimum Gasteiger partial charge on any atom is -0.373 e. The lowest BCUT2D eigenvalue weighted by atomic mass is 10.1. The lowest BCUT2D eigenvalue weighted by molar-refractivity contribution is 0.0251. The topological polar surface area (TPSA) is 38.2 Å². The maximum atomic E-state index is 12.8. The summed E-state index contributed by atoms with van der Waals surface area (Å²) in [5.74, 6) is -0.209. The molecule has 4 nitrogen and oxygen atoms in total. The van der Waals surface area contributed by atoms with Crippen molar-refractivity contribution >= 4 is 16.5 Å². The summed E-state index contributed by atoms with van der Waals surface area (Å²) in [7, 11) is 0. The average molecular weight is 307 g/mol. The van der Waals surface area contributed by atoms with E-state index in [0.717, 1.165) is 41.6 Å². The predicted octanol–water partition coefficient (Wildman–Crippen LogP) is 3.17. The third kappa shape index (κ3) is 3.77. The highest BCUT2D eigenvalue weighted by molar-refractivity contribution is 7.15. The largest absolute Gasteiger partial charge is 0.373 e. The van der Waals surface area contributed by atoms with Gasteiger partial charge in [-0.1, -0.05) is 23.5 Å². The van der Waals surface area contributed by atoms with Gasteiger partial charge >= 0.3 is 0 Å². The van der Waals surface area contributed by atoms with Gasteiger partial charge in [-0.25, -0.2) is 4.39 Å². The van der Waals surface area contributed by atoms with Gasteiger partial charge in [-0.2, -0.15) is 0 Å². The lowest BCUT2D eigenvalue weighted by Crippen LogP contribution is -2.36. The molecule has 0 N–H and O–H groups in total. The quantitative estimate of drug-likeness (QED) is 0.869. The third-order valence-electron chi connectivity index (χ3n) is 3.63. The Bertz CT molecular complexity index is 579. The molecule has 0 aliphatic carbocycles. The highest BCUT2D eigenvalue weighted by atomic mass is 32.1. The Kier molecular flexibility index (Phi) is 4.45. The summed E-state index contributed by atoms with van der Waals surface area (Å²) < 4.78 is 18.7. The van der Waals surface area contributed by atoms with E-state index >= 15 is 0 Å². The van der Waals surface area contributed by atoms with Crippen molar-refractivity contribution < 1.29 is 9.13 Å². The lowest BCUT2D eigenvalue weighted by Gasteiger charge is -2.31. The van der Waals surface area contributed by atoms with Crippen molar-refractivity contribution in [3.8, 4) is 0 Å². The van der Waals surface area contributed by atoms with Crippen LogP contribution in [0.3, 0.4) is 0 Å². The number of nitrogens with zero attached hydrogens (tertiary/aromatic N) is 3. The van der Waals surface area contributed by atoms with Gasteiger partial charge in [0.15, 0.2) is 0 Å². The Morgan fingerprint density at radius 3 is 2.57 bits per heavy atom. The van der Waals surface area contributed by atoms with Crippen LogP contribution in [0, 0.1) is 12.7 Å².